The van der Waals surface area contributed by atoms with Gasteiger partial charge in [-0.2, -0.15) is 0 Å². The number of H-pyrrole nitrogens is 1. The summed E-state index contributed by atoms with van der Waals surface area (Å²) in [4.78, 5) is 18.9. The Bertz CT molecular complexity index is 1760. The van der Waals surface area contributed by atoms with Crippen LogP contribution in [0.5, 0.6) is 11.5 Å². The van der Waals surface area contributed by atoms with Gasteiger partial charge in [-0.15, -0.1) is 5.10 Å². The van der Waals surface area contributed by atoms with E-state index in [1.54, 1.807) is 30.1 Å². The maximum absolute atomic E-state index is 10.9. The highest BCUT2D eigenvalue weighted by Gasteiger charge is 2.17. The molecule has 2 heterocycles. The number of hydrogen-bond acceptors (Lipinski definition) is 7. The van der Waals surface area contributed by atoms with E-state index < -0.39 is 4.92 Å². The largest absolute Gasteiger partial charge is 0.493 e. The van der Waals surface area contributed by atoms with E-state index in [-0.39, 0.29) is 12.3 Å². The number of benzene rings is 4. The third-order valence-corrected chi connectivity index (χ3v) is 6.70. The summed E-state index contributed by atoms with van der Waals surface area (Å²) in [5, 5.41) is 19.2. The predicted octanol–water partition coefficient (Wildman–Crippen LogP) is 6.55. The maximum Gasteiger partial charge on any atom is 0.269 e. The van der Waals surface area contributed by atoms with Crippen LogP contribution in [0.15, 0.2) is 109 Å². The lowest BCUT2D eigenvalue weighted by atomic mass is 10.1. The van der Waals surface area contributed by atoms with Gasteiger partial charge in [0.05, 0.1) is 36.2 Å². The Morgan fingerprint density at radius 3 is 2.26 bits per heavy atom. The van der Waals surface area contributed by atoms with E-state index in [9.17, 15) is 10.1 Å². The topological polar surface area (TPSA) is 121 Å². The van der Waals surface area contributed by atoms with Crippen molar-refractivity contribution in [2.75, 3.05) is 7.11 Å². The van der Waals surface area contributed by atoms with Crippen LogP contribution in [0.3, 0.4) is 0 Å². The summed E-state index contributed by atoms with van der Waals surface area (Å²) < 4.78 is 13.3. The maximum atomic E-state index is 10.9. The molecule has 0 radical (unpaired) electrons. The summed E-state index contributed by atoms with van der Waals surface area (Å²) in [5.74, 6) is 1.83. The molecule has 0 saturated heterocycles. The molecule has 0 saturated carbocycles. The molecular weight excluding hydrogens is 532 g/mol. The number of nitrogens with one attached hydrogen (secondary N) is 1. The highest BCUT2D eigenvalue weighted by Crippen LogP contribution is 2.36. The van der Waals surface area contributed by atoms with Crippen molar-refractivity contribution < 1.29 is 14.4 Å². The molecule has 2 aromatic heterocycles. The number of hydrogen-bond donors (Lipinski definition) is 1. The van der Waals surface area contributed by atoms with Gasteiger partial charge in [0, 0.05) is 28.8 Å². The van der Waals surface area contributed by atoms with E-state index in [4.69, 9.17) is 14.5 Å². The van der Waals surface area contributed by atoms with Gasteiger partial charge in [0.2, 0.25) is 0 Å². The van der Waals surface area contributed by atoms with Crippen LogP contribution in [0, 0.1) is 10.1 Å². The Morgan fingerprint density at radius 2 is 1.57 bits per heavy atom. The van der Waals surface area contributed by atoms with Gasteiger partial charge in [0.25, 0.3) is 5.69 Å². The monoisotopic (exact) mass is 558 g/mol. The van der Waals surface area contributed by atoms with E-state index in [1.165, 1.54) is 12.1 Å². The number of methoxy groups -OCH3 is 1. The normalized spacial score (nSPS) is 10.9. The summed E-state index contributed by atoms with van der Waals surface area (Å²) in [6.07, 6.45) is 1.78. The van der Waals surface area contributed by atoms with Gasteiger partial charge in [-0.1, -0.05) is 78.0 Å². The second-order valence-corrected chi connectivity index (χ2v) is 9.53. The third-order valence-electron chi connectivity index (χ3n) is 6.70. The molecule has 1 N–H and O–H groups in total. The van der Waals surface area contributed by atoms with Crippen LogP contribution in [0.2, 0.25) is 0 Å². The zero-order valence-electron chi connectivity index (χ0n) is 22.7. The van der Waals surface area contributed by atoms with Gasteiger partial charge in [-0.05, 0) is 23.8 Å². The van der Waals surface area contributed by atoms with Crippen LogP contribution in [0.25, 0.3) is 33.9 Å². The van der Waals surface area contributed by atoms with Crippen molar-refractivity contribution in [3.63, 3.8) is 0 Å². The van der Waals surface area contributed by atoms with E-state index in [0.717, 1.165) is 33.6 Å². The van der Waals surface area contributed by atoms with Crippen LogP contribution in [-0.2, 0) is 13.2 Å². The first-order valence-corrected chi connectivity index (χ1v) is 13.2. The Balaban J connectivity index is 1.19. The third kappa shape index (κ3) is 5.73. The minimum atomic E-state index is -0.423. The van der Waals surface area contributed by atoms with Gasteiger partial charge in [0.15, 0.2) is 11.5 Å². The molecule has 0 atom stereocenters. The predicted molar refractivity (Wildman–Crippen MR) is 158 cm³/mol. The van der Waals surface area contributed by atoms with Crippen LogP contribution in [-0.4, -0.2) is 37.0 Å². The van der Waals surface area contributed by atoms with Gasteiger partial charge in [-0.3, -0.25) is 10.1 Å². The zero-order valence-corrected chi connectivity index (χ0v) is 22.7. The smallest absolute Gasteiger partial charge is 0.269 e. The van der Waals surface area contributed by atoms with Crippen LogP contribution in [0.1, 0.15) is 11.3 Å². The molecule has 6 aromatic rings. The van der Waals surface area contributed by atoms with Crippen molar-refractivity contribution in [3.8, 4) is 45.4 Å². The van der Waals surface area contributed by atoms with Crippen molar-refractivity contribution in [2.24, 2.45) is 0 Å². The van der Waals surface area contributed by atoms with Gasteiger partial charge in [0.1, 0.15) is 18.1 Å². The molecule has 0 fully saturated rings. The number of non-ortho nitro benzene ring substituents is 1. The first kappa shape index (κ1) is 26.5. The lowest BCUT2D eigenvalue weighted by Crippen LogP contribution is -2.00. The molecular formula is C32H26N6O4. The highest BCUT2D eigenvalue weighted by atomic mass is 16.6. The first-order valence-electron chi connectivity index (χ1n) is 13.2. The molecule has 10 nitrogen and oxygen atoms in total. The Hall–Kier alpha value is -5.77. The highest BCUT2D eigenvalue weighted by molar-refractivity contribution is 5.81. The Kier molecular flexibility index (Phi) is 7.41. The van der Waals surface area contributed by atoms with Crippen molar-refractivity contribution in [3.05, 3.63) is 131 Å². The van der Waals surface area contributed by atoms with Gasteiger partial charge < -0.3 is 14.5 Å². The van der Waals surface area contributed by atoms with Crippen LogP contribution in [0.4, 0.5) is 5.69 Å². The number of nitro benzene ring substituents is 1. The molecule has 0 spiro atoms. The number of aromatic nitrogens is 5. The molecule has 6 rings (SSSR count). The van der Waals surface area contributed by atoms with E-state index in [0.29, 0.717) is 29.6 Å². The molecule has 0 amide bonds. The standard InChI is InChI=1S/C32H26N6O4/c1-41-29-18-25(32-33-30(23-8-4-2-5-9-23)31(34-32)24-10-6-3-7-11-24)14-17-28(29)42-21-26-20-37(36-35-26)19-22-12-15-27(16-13-22)38(39)40/h2-18,20H,19,21H2,1H3,(H,33,34). The second kappa shape index (κ2) is 11.8. The molecule has 10 heteroatoms. The van der Waals surface area contributed by atoms with E-state index >= 15 is 0 Å². The molecule has 208 valence electrons. The average molecular weight is 559 g/mol. The van der Waals surface area contributed by atoms with Crippen LogP contribution >= 0.6 is 0 Å². The SMILES string of the molecule is COc1cc(-c2nc(-c3ccccc3)c(-c3ccccc3)[nH]2)ccc1OCc1cn(Cc2ccc([N+](=O)[O-])cc2)nn1. The van der Waals surface area contributed by atoms with Crippen molar-refractivity contribution in [2.45, 2.75) is 13.2 Å². The quantitative estimate of drug-likeness (QED) is 0.150. The first-order chi connectivity index (χ1) is 20.6. The Labute approximate surface area is 241 Å². The van der Waals surface area contributed by atoms with Gasteiger partial charge >= 0.3 is 0 Å². The molecule has 0 unspecified atom stereocenters. The number of imidazole rings is 1. The van der Waals surface area contributed by atoms with Crippen molar-refractivity contribution in [1.82, 2.24) is 25.0 Å². The summed E-state index contributed by atoms with van der Waals surface area (Å²) in [7, 11) is 1.60. The Morgan fingerprint density at radius 1 is 0.857 bits per heavy atom. The van der Waals surface area contributed by atoms with Crippen molar-refractivity contribution in [1.29, 1.82) is 0 Å². The zero-order chi connectivity index (χ0) is 28.9. The van der Waals surface area contributed by atoms with Crippen LogP contribution < -0.4 is 9.47 Å². The van der Waals surface area contributed by atoms with Crippen molar-refractivity contribution >= 4 is 5.69 Å². The summed E-state index contributed by atoms with van der Waals surface area (Å²) in [5.41, 5.74) is 6.28. The number of nitro groups is 1. The van der Waals surface area contributed by atoms with E-state index in [1.807, 2.05) is 66.7 Å². The molecule has 0 aliphatic carbocycles. The van der Waals surface area contributed by atoms with Gasteiger partial charge in [-0.25, -0.2) is 9.67 Å². The molecule has 0 aliphatic rings. The summed E-state index contributed by atoms with van der Waals surface area (Å²) in [6, 6.07) is 32.2. The molecule has 0 bridgehead atoms. The number of nitrogens with zero attached hydrogens (tertiary/aromatic N) is 5. The minimum absolute atomic E-state index is 0.0479. The number of rotatable bonds is 10. The fourth-order valence-electron chi connectivity index (χ4n) is 4.61. The number of ether oxygens (including phenoxy) is 2. The van der Waals surface area contributed by atoms with E-state index in [2.05, 4.69) is 27.4 Å². The summed E-state index contributed by atoms with van der Waals surface area (Å²) >= 11 is 0. The molecule has 4 aromatic carbocycles. The second-order valence-electron chi connectivity index (χ2n) is 9.53. The molecule has 0 aliphatic heterocycles. The fraction of sp³-hybridized carbons (Fsp3) is 0.0938. The molecule has 42 heavy (non-hydrogen) atoms. The lowest BCUT2D eigenvalue weighted by Gasteiger charge is -2.10. The summed E-state index contributed by atoms with van der Waals surface area (Å²) in [6.45, 7) is 0.620. The minimum Gasteiger partial charge on any atom is -0.493 e. The average Bonchev–Trinajstić information content (AvgIpc) is 3.69. The number of aromatic amines is 1. The lowest BCUT2D eigenvalue weighted by molar-refractivity contribution is -0.384. The fourth-order valence-corrected chi connectivity index (χ4v) is 4.61.